The maximum absolute atomic E-state index is 5.43. The van der Waals surface area contributed by atoms with Crippen molar-refractivity contribution in [3.05, 3.63) is 0 Å². The lowest BCUT2D eigenvalue weighted by Gasteiger charge is -2.28. The van der Waals surface area contributed by atoms with Gasteiger partial charge >= 0.3 is 27.1 Å². The summed E-state index contributed by atoms with van der Waals surface area (Å²) in [6.07, 6.45) is 0. The summed E-state index contributed by atoms with van der Waals surface area (Å²) < 4.78 is 36.4. The molecular weight excluding hydrogens is 316 g/mol. The van der Waals surface area contributed by atoms with Crippen molar-refractivity contribution in [1.82, 2.24) is 0 Å². The van der Waals surface area contributed by atoms with Gasteiger partial charge in [0.1, 0.15) is 0 Å². The van der Waals surface area contributed by atoms with Crippen LogP contribution in [-0.4, -0.2) is 75.4 Å². The van der Waals surface area contributed by atoms with Gasteiger partial charge in [-0.15, -0.1) is 0 Å². The molecule has 0 aliphatic rings. The highest BCUT2D eigenvalue weighted by atomic mass is 29.3. The Morgan fingerprint density at radius 2 is 1.25 bits per heavy atom. The van der Waals surface area contributed by atoms with Crippen LogP contribution in [0.4, 0.5) is 0 Å². The van der Waals surface area contributed by atoms with E-state index in [-0.39, 0.29) is 0 Å². The molecular formula is C10H30O7Si3. The third kappa shape index (κ3) is 9.33. The Morgan fingerprint density at radius 3 is 1.50 bits per heavy atom. The highest BCUT2D eigenvalue weighted by molar-refractivity contribution is 7.19. The first-order valence-electron chi connectivity index (χ1n) is 6.57. The predicted molar refractivity (Wildman–Crippen MR) is 84.4 cm³/mol. The van der Waals surface area contributed by atoms with E-state index in [1.54, 1.807) is 28.4 Å². The van der Waals surface area contributed by atoms with Crippen LogP contribution in [0.1, 0.15) is 20.8 Å². The Morgan fingerprint density at radius 1 is 0.800 bits per heavy atom. The lowest BCUT2D eigenvalue weighted by Crippen LogP contribution is -2.60. The molecule has 20 heavy (non-hydrogen) atoms. The molecule has 0 saturated heterocycles. The molecule has 0 amide bonds. The second-order valence-corrected chi connectivity index (χ2v) is 11.8. The lowest BCUT2D eigenvalue weighted by atomic mass is 10.9. The summed E-state index contributed by atoms with van der Waals surface area (Å²) >= 11 is 0. The van der Waals surface area contributed by atoms with Crippen LogP contribution in [-0.2, 0) is 31.0 Å². The van der Waals surface area contributed by atoms with Crippen molar-refractivity contribution in [2.75, 3.05) is 48.3 Å². The first-order valence-corrected chi connectivity index (χ1v) is 12.2. The molecule has 0 spiro atoms. The summed E-state index contributed by atoms with van der Waals surface area (Å²) in [7, 11) is 0.994. The SMILES string of the molecule is CCO[SiH2]OCC.CCO[SiH](OC)[Si](OC)(OC)OC. The first-order chi connectivity index (χ1) is 9.62. The summed E-state index contributed by atoms with van der Waals surface area (Å²) in [5, 5.41) is 0. The van der Waals surface area contributed by atoms with Gasteiger partial charge in [-0.25, -0.2) is 0 Å². The van der Waals surface area contributed by atoms with Gasteiger partial charge in [-0.3, -0.25) is 0 Å². The molecule has 0 fully saturated rings. The minimum atomic E-state index is -2.67. The fourth-order valence-electron chi connectivity index (χ4n) is 1.23. The summed E-state index contributed by atoms with van der Waals surface area (Å²) in [6.45, 7) is 8.03. The maximum Gasteiger partial charge on any atom is 0.534 e. The molecule has 0 bridgehead atoms. The second kappa shape index (κ2) is 15.8. The van der Waals surface area contributed by atoms with E-state index >= 15 is 0 Å². The highest BCUT2D eigenvalue weighted by Crippen LogP contribution is 2.12. The van der Waals surface area contributed by atoms with E-state index in [0.29, 0.717) is 6.61 Å². The van der Waals surface area contributed by atoms with Gasteiger partial charge in [0.25, 0.3) is 0 Å². The molecule has 0 heterocycles. The van der Waals surface area contributed by atoms with E-state index in [1.807, 2.05) is 20.8 Å². The quantitative estimate of drug-likeness (QED) is 0.382. The molecule has 0 aromatic carbocycles. The number of hydrogen-bond acceptors (Lipinski definition) is 7. The molecule has 1 unspecified atom stereocenters. The van der Waals surface area contributed by atoms with Crippen molar-refractivity contribution in [3.63, 3.8) is 0 Å². The smallest absolute Gasteiger partial charge is 0.399 e. The van der Waals surface area contributed by atoms with Crippen LogP contribution < -0.4 is 0 Å². The van der Waals surface area contributed by atoms with E-state index < -0.39 is 27.1 Å². The van der Waals surface area contributed by atoms with Crippen LogP contribution in [0.2, 0.25) is 0 Å². The van der Waals surface area contributed by atoms with Gasteiger partial charge in [0.05, 0.1) is 0 Å². The molecule has 10 heteroatoms. The summed E-state index contributed by atoms with van der Waals surface area (Å²) in [5.74, 6) is 0. The average Bonchev–Trinajstić information content (AvgIpc) is 2.49. The Balaban J connectivity index is 0. The van der Waals surface area contributed by atoms with E-state index in [0.717, 1.165) is 13.2 Å². The topological polar surface area (TPSA) is 64.6 Å². The molecule has 0 rings (SSSR count). The summed E-state index contributed by atoms with van der Waals surface area (Å²) in [4.78, 5) is 0. The predicted octanol–water partition coefficient (Wildman–Crippen LogP) is -0.0955. The van der Waals surface area contributed by atoms with Crippen molar-refractivity contribution < 1.29 is 31.0 Å². The minimum Gasteiger partial charge on any atom is -0.399 e. The van der Waals surface area contributed by atoms with Crippen molar-refractivity contribution in [2.45, 2.75) is 20.8 Å². The van der Waals surface area contributed by atoms with E-state index in [9.17, 15) is 0 Å². The zero-order chi connectivity index (χ0) is 15.9. The number of rotatable bonds is 11. The lowest BCUT2D eigenvalue weighted by molar-refractivity contribution is 0.121. The van der Waals surface area contributed by atoms with Crippen molar-refractivity contribution in [1.29, 1.82) is 0 Å². The molecule has 0 aromatic rings. The van der Waals surface area contributed by atoms with Gasteiger partial charge in [0, 0.05) is 48.3 Å². The molecule has 0 aromatic heterocycles. The molecule has 0 aliphatic carbocycles. The van der Waals surface area contributed by atoms with E-state index in [2.05, 4.69) is 0 Å². The van der Waals surface area contributed by atoms with Gasteiger partial charge in [0.2, 0.25) is 0 Å². The summed E-state index contributed by atoms with van der Waals surface area (Å²) in [6, 6.07) is 0. The highest BCUT2D eigenvalue weighted by Gasteiger charge is 2.52. The van der Waals surface area contributed by atoms with Gasteiger partial charge in [-0.2, -0.15) is 0 Å². The number of hydrogen-bond donors (Lipinski definition) is 0. The molecule has 7 nitrogen and oxygen atoms in total. The Labute approximate surface area is 127 Å². The zero-order valence-electron chi connectivity index (χ0n) is 13.8. The third-order valence-corrected chi connectivity index (χ3v) is 11.8. The van der Waals surface area contributed by atoms with Crippen LogP contribution in [0, 0.1) is 0 Å². The zero-order valence-corrected chi connectivity index (χ0v) is 17.3. The fraction of sp³-hybridized carbons (Fsp3) is 1.00. The molecule has 124 valence electrons. The minimum absolute atomic E-state index is 0.579. The van der Waals surface area contributed by atoms with Crippen molar-refractivity contribution in [2.24, 2.45) is 0 Å². The molecule has 0 aliphatic heterocycles. The fourth-order valence-corrected chi connectivity index (χ4v) is 7.40. The average molecular weight is 347 g/mol. The van der Waals surface area contributed by atoms with Crippen LogP contribution in [0.3, 0.4) is 0 Å². The van der Waals surface area contributed by atoms with Crippen molar-refractivity contribution in [3.8, 4) is 0 Å². The molecule has 0 saturated carbocycles. The van der Waals surface area contributed by atoms with Crippen LogP contribution in [0.15, 0.2) is 0 Å². The van der Waals surface area contributed by atoms with Gasteiger partial charge in [0.15, 0.2) is 0 Å². The Hall–Kier alpha value is 0.371. The summed E-state index contributed by atoms with van der Waals surface area (Å²) in [5.41, 5.74) is 0. The second-order valence-electron chi connectivity index (χ2n) is 3.34. The monoisotopic (exact) mass is 346 g/mol. The first kappa shape index (κ1) is 22.6. The van der Waals surface area contributed by atoms with Crippen LogP contribution in [0.5, 0.6) is 0 Å². The third-order valence-electron chi connectivity index (χ3n) is 2.25. The molecule has 0 N–H and O–H groups in total. The normalized spacial score (nSPS) is 12.8. The molecule has 1 atom stereocenters. The van der Waals surface area contributed by atoms with E-state index in [4.69, 9.17) is 31.0 Å². The standard InChI is InChI=1S/C6H18O5Si2.C4H12O2Si/c1-6-11-12(7-2)13(8-3,9-4)10-5;1-3-5-7-6-4-2/h12H,6H2,1-5H3;3-4,7H2,1-2H3. The van der Waals surface area contributed by atoms with E-state index in [1.165, 1.54) is 0 Å². The largest absolute Gasteiger partial charge is 0.534 e. The Kier molecular flexibility index (Phi) is 17.8. The molecule has 0 radical (unpaired) electrons. The van der Waals surface area contributed by atoms with Crippen LogP contribution >= 0.6 is 0 Å². The van der Waals surface area contributed by atoms with Gasteiger partial charge in [-0.05, 0) is 20.8 Å². The van der Waals surface area contributed by atoms with Gasteiger partial charge in [-0.1, -0.05) is 0 Å². The van der Waals surface area contributed by atoms with Crippen molar-refractivity contribution >= 4 is 27.1 Å². The van der Waals surface area contributed by atoms with Crippen LogP contribution in [0.25, 0.3) is 0 Å². The van der Waals surface area contributed by atoms with Gasteiger partial charge < -0.3 is 31.0 Å². The maximum atomic E-state index is 5.43. The Bertz CT molecular complexity index is 183.